The number of amides is 1. The Balaban J connectivity index is 1.94. The third-order valence-electron chi connectivity index (χ3n) is 6.82. The second-order valence-electron chi connectivity index (χ2n) is 10.2. The highest BCUT2D eigenvalue weighted by Gasteiger charge is 2.41. The lowest BCUT2D eigenvalue weighted by Gasteiger charge is -2.37. The Morgan fingerprint density at radius 1 is 0.974 bits per heavy atom. The molecular weight excluding hydrogens is 565 g/mol. The number of nitrogens with one attached hydrogen (secondary N) is 1. The zero-order chi connectivity index (χ0) is 28.6. The molecule has 1 N–H and O–H groups in total. The largest absolute Gasteiger partial charge is 0.509 e. The van der Waals surface area contributed by atoms with Crippen molar-refractivity contribution >= 4 is 52.8 Å². The molecule has 0 saturated heterocycles. The Morgan fingerprint density at radius 2 is 1.59 bits per heavy atom. The van der Waals surface area contributed by atoms with E-state index >= 15 is 0 Å². The summed E-state index contributed by atoms with van der Waals surface area (Å²) >= 11 is 17.1. The van der Waals surface area contributed by atoms with Crippen LogP contribution in [-0.2, 0) is 19.0 Å². The van der Waals surface area contributed by atoms with E-state index in [1.54, 1.807) is 60.7 Å². The van der Waals surface area contributed by atoms with Crippen molar-refractivity contribution in [3.05, 3.63) is 71.8 Å². The second kappa shape index (κ2) is 14.2. The number of hydrogen-bond donors (Lipinski definition) is 1. The van der Waals surface area contributed by atoms with E-state index in [0.717, 1.165) is 12.8 Å². The van der Waals surface area contributed by atoms with Crippen molar-refractivity contribution in [3.63, 3.8) is 0 Å². The van der Waals surface area contributed by atoms with Gasteiger partial charge in [0.2, 0.25) is 9.90 Å². The molecule has 39 heavy (non-hydrogen) atoms. The summed E-state index contributed by atoms with van der Waals surface area (Å²) in [6, 6.07) is 16.1. The summed E-state index contributed by atoms with van der Waals surface area (Å²) < 4.78 is 14.6. The van der Waals surface area contributed by atoms with E-state index in [4.69, 9.17) is 49.0 Å². The molecule has 1 aliphatic rings. The van der Waals surface area contributed by atoms with Crippen molar-refractivity contribution in [2.45, 2.75) is 62.1 Å². The van der Waals surface area contributed by atoms with Crippen LogP contribution < -0.4 is 5.32 Å². The number of esters is 1. The molecule has 0 heterocycles. The number of benzene rings is 2. The summed E-state index contributed by atoms with van der Waals surface area (Å²) in [6.45, 7) is 5.71. The van der Waals surface area contributed by atoms with Crippen molar-refractivity contribution in [2.75, 3.05) is 6.61 Å². The monoisotopic (exact) mass is 597 g/mol. The van der Waals surface area contributed by atoms with Crippen molar-refractivity contribution < 1.29 is 28.6 Å². The minimum atomic E-state index is -1.88. The summed E-state index contributed by atoms with van der Waals surface area (Å²) in [5, 5.41) is 2.84. The number of rotatable bonds is 9. The molecular formula is C29H34Cl3NO6. The molecule has 212 valence electrons. The van der Waals surface area contributed by atoms with Crippen LogP contribution in [0.25, 0.3) is 0 Å². The molecule has 1 aliphatic carbocycles. The molecule has 10 heteroatoms. The number of carbonyl (C=O) groups excluding carboxylic acids is 3. The first-order valence-electron chi connectivity index (χ1n) is 13.0. The van der Waals surface area contributed by atoms with Crippen LogP contribution in [0.1, 0.15) is 62.0 Å². The zero-order valence-electron chi connectivity index (χ0n) is 22.1. The van der Waals surface area contributed by atoms with Gasteiger partial charge >= 0.3 is 12.1 Å². The Morgan fingerprint density at radius 3 is 2.18 bits per heavy atom. The molecule has 0 aliphatic heterocycles. The van der Waals surface area contributed by atoms with Crippen molar-refractivity contribution in [1.29, 1.82) is 0 Å². The highest BCUT2D eigenvalue weighted by Crippen LogP contribution is 2.36. The van der Waals surface area contributed by atoms with Crippen LogP contribution in [0.2, 0.25) is 0 Å². The van der Waals surface area contributed by atoms with E-state index in [1.165, 1.54) is 0 Å². The second-order valence-corrected chi connectivity index (χ2v) is 12.7. The van der Waals surface area contributed by atoms with Gasteiger partial charge in [0.15, 0.2) is 0 Å². The Hall–Kier alpha value is -2.48. The van der Waals surface area contributed by atoms with Gasteiger partial charge in [0.1, 0.15) is 18.8 Å². The molecule has 2 aromatic rings. The van der Waals surface area contributed by atoms with Crippen LogP contribution in [-0.4, -0.2) is 40.6 Å². The molecule has 3 unspecified atom stereocenters. The SMILES string of the molecule is CC1CC[C@H](C(C)C)C(OC(=O)C(OC(=O)OCC(Cl)(Cl)Cl)[C@@H](NC(=O)c2ccccc2)c2ccccc2)C1. The van der Waals surface area contributed by atoms with E-state index in [0.29, 0.717) is 23.5 Å². The Labute approximate surface area is 244 Å². The summed E-state index contributed by atoms with van der Waals surface area (Å²) in [6.07, 6.45) is -0.541. The predicted molar refractivity (Wildman–Crippen MR) is 151 cm³/mol. The predicted octanol–water partition coefficient (Wildman–Crippen LogP) is 7.05. The molecule has 0 bridgehead atoms. The highest BCUT2D eigenvalue weighted by atomic mass is 35.6. The number of alkyl halides is 3. The van der Waals surface area contributed by atoms with E-state index < -0.39 is 40.6 Å². The average molecular weight is 599 g/mol. The van der Waals surface area contributed by atoms with Crippen LogP contribution in [0, 0.1) is 17.8 Å². The van der Waals surface area contributed by atoms with Gasteiger partial charge in [0.05, 0.1) is 0 Å². The molecule has 0 spiro atoms. The van der Waals surface area contributed by atoms with E-state index in [-0.39, 0.29) is 17.9 Å². The molecule has 0 aromatic heterocycles. The summed E-state index contributed by atoms with van der Waals surface area (Å²) in [5.41, 5.74) is 0.889. The van der Waals surface area contributed by atoms with Gasteiger partial charge in [-0.25, -0.2) is 9.59 Å². The number of hydrogen-bond acceptors (Lipinski definition) is 6. The molecule has 1 saturated carbocycles. The number of ether oxygens (including phenoxy) is 3. The van der Waals surface area contributed by atoms with E-state index in [9.17, 15) is 14.4 Å². The highest BCUT2D eigenvalue weighted by molar-refractivity contribution is 6.67. The third-order valence-corrected chi connectivity index (χ3v) is 7.15. The lowest BCUT2D eigenvalue weighted by atomic mass is 9.75. The van der Waals surface area contributed by atoms with Gasteiger partial charge in [-0.1, -0.05) is 111 Å². The van der Waals surface area contributed by atoms with Gasteiger partial charge in [-0.05, 0) is 48.3 Å². The Bertz CT molecular complexity index is 1090. The first-order chi connectivity index (χ1) is 18.4. The average Bonchev–Trinajstić information content (AvgIpc) is 2.89. The molecule has 2 aromatic carbocycles. The Kier molecular flexibility index (Phi) is 11.3. The standard InChI is InChI=1S/C29H34Cl3NO6/c1-18(2)22-15-14-19(3)16-23(22)38-27(35)25(39-28(36)37-17-29(30,31)32)24(20-10-6-4-7-11-20)33-26(34)21-12-8-5-9-13-21/h4-13,18-19,22-25H,14-17H2,1-3H3,(H,33,34)/t19?,22-,23?,24+,25?/m1/s1. The van der Waals surface area contributed by atoms with Crippen molar-refractivity contribution in [3.8, 4) is 0 Å². The van der Waals surface area contributed by atoms with Crippen LogP contribution in [0.5, 0.6) is 0 Å². The first-order valence-corrected chi connectivity index (χ1v) is 14.1. The minimum Gasteiger partial charge on any atom is -0.459 e. The molecule has 1 fully saturated rings. The number of halogens is 3. The molecule has 3 rings (SSSR count). The van der Waals surface area contributed by atoms with Crippen LogP contribution >= 0.6 is 34.8 Å². The quantitative estimate of drug-likeness (QED) is 0.246. The number of carbonyl (C=O) groups is 3. The van der Waals surface area contributed by atoms with Gasteiger partial charge in [0.25, 0.3) is 5.91 Å². The zero-order valence-corrected chi connectivity index (χ0v) is 24.4. The van der Waals surface area contributed by atoms with Gasteiger partial charge in [-0.3, -0.25) is 4.79 Å². The van der Waals surface area contributed by atoms with Gasteiger partial charge in [0, 0.05) is 5.56 Å². The fourth-order valence-corrected chi connectivity index (χ4v) is 4.97. The molecule has 0 radical (unpaired) electrons. The van der Waals surface area contributed by atoms with Crippen molar-refractivity contribution in [2.24, 2.45) is 17.8 Å². The fraction of sp³-hybridized carbons (Fsp3) is 0.483. The lowest BCUT2D eigenvalue weighted by molar-refractivity contribution is -0.169. The molecule has 5 atom stereocenters. The maximum absolute atomic E-state index is 13.8. The summed E-state index contributed by atoms with van der Waals surface area (Å²) in [7, 11) is 0. The van der Waals surface area contributed by atoms with E-state index in [1.807, 2.05) is 0 Å². The normalized spacial score (nSPS) is 20.9. The fourth-order valence-electron chi connectivity index (χ4n) is 4.81. The smallest absolute Gasteiger partial charge is 0.459 e. The molecule has 1 amide bonds. The van der Waals surface area contributed by atoms with Gasteiger partial charge in [-0.15, -0.1) is 0 Å². The van der Waals surface area contributed by atoms with Crippen LogP contribution in [0.3, 0.4) is 0 Å². The van der Waals surface area contributed by atoms with Crippen molar-refractivity contribution in [1.82, 2.24) is 5.32 Å². The summed E-state index contributed by atoms with van der Waals surface area (Å²) in [5.74, 6) is -0.461. The first kappa shape index (κ1) is 31.1. The topological polar surface area (TPSA) is 90.9 Å². The van der Waals surface area contributed by atoms with E-state index in [2.05, 4.69) is 26.1 Å². The maximum atomic E-state index is 13.8. The minimum absolute atomic E-state index is 0.149. The van der Waals surface area contributed by atoms with Gasteiger partial charge < -0.3 is 19.5 Å². The van der Waals surface area contributed by atoms with Crippen LogP contribution in [0.15, 0.2) is 60.7 Å². The lowest BCUT2D eigenvalue weighted by Crippen LogP contribution is -2.46. The third kappa shape index (κ3) is 9.59. The maximum Gasteiger partial charge on any atom is 0.509 e. The molecule has 7 nitrogen and oxygen atoms in total. The van der Waals surface area contributed by atoms with Gasteiger partial charge in [-0.2, -0.15) is 0 Å². The summed E-state index contributed by atoms with van der Waals surface area (Å²) in [4.78, 5) is 39.6. The van der Waals surface area contributed by atoms with Crippen LogP contribution in [0.4, 0.5) is 4.79 Å².